The number of piperazine rings is 1. The minimum atomic E-state index is -2.74. The molecule has 8 heteroatoms. The van der Waals surface area contributed by atoms with Crippen LogP contribution in [0.2, 0.25) is 0 Å². The van der Waals surface area contributed by atoms with E-state index in [0.29, 0.717) is 6.61 Å². The number of nitrogens with zero attached hydrogens (tertiary/aromatic N) is 2. The molecule has 1 rings (SSSR count). The summed E-state index contributed by atoms with van der Waals surface area (Å²) in [6, 6.07) is 0. The third-order valence-corrected chi connectivity index (χ3v) is 5.01. The van der Waals surface area contributed by atoms with E-state index in [-0.39, 0.29) is 28.0 Å². The first-order valence-electron chi connectivity index (χ1n) is 8.18. The van der Waals surface area contributed by atoms with Crippen molar-refractivity contribution >= 4 is 0 Å². The van der Waals surface area contributed by atoms with Crippen LogP contribution in [0.3, 0.4) is 0 Å². The van der Waals surface area contributed by atoms with Gasteiger partial charge in [-0.2, -0.15) is 0 Å². The van der Waals surface area contributed by atoms with Crippen LogP contribution in [0.1, 0.15) is 12.8 Å². The van der Waals surface area contributed by atoms with E-state index >= 15 is 0 Å². The van der Waals surface area contributed by atoms with Crippen LogP contribution in [0, 0.1) is 0 Å². The van der Waals surface area contributed by atoms with Gasteiger partial charge in [0.25, 0.3) is 0 Å². The number of halogens is 3. The van der Waals surface area contributed by atoms with Gasteiger partial charge >= 0.3 is 120 Å². The molecule has 0 aliphatic carbocycles. The molecule has 0 aromatic carbocycles. The van der Waals surface area contributed by atoms with Crippen molar-refractivity contribution in [2.75, 3.05) is 77.7 Å². The fraction of sp³-hybridized carbons (Fsp3) is 1.00. The monoisotopic (exact) mass is 450 g/mol. The van der Waals surface area contributed by atoms with Crippen LogP contribution in [0.25, 0.3) is 0 Å². The van der Waals surface area contributed by atoms with Crippen LogP contribution in [0.4, 0.5) is 8.78 Å². The van der Waals surface area contributed by atoms with Gasteiger partial charge in [-0.15, -0.1) is 0 Å². The van der Waals surface area contributed by atoms with Crippen molar-refractivity contribution in [1.82, 2.24) is 13.3 Å². The predicted molar refractivity (Wildman–Crippen MR) is 83.7 cm³/mol. The molecule has 0 aromatic heterocycles. The van der Waals surface area contributed by atoms with Crippen molar-refractivity contribution < 1.29 is 39.7 Å². The average molecular weight is 450 g/mol. The van der Waals surface area contributed by atoms with Gasteiger partial charge in [0, 0.05) is 13.7 Å². The second-order valence-electron chi connectivity index (χ2n) is 5.79. The number of nitrogens with one attached hydrogen (secondary N) is 1. The molecule has 5 nitrogen and oxygen atoms in total. The van der Waals surface area contributed by atoms with E-state index in [9.17, 15) is 8.78 Å². The molecule has 140 valence electrons. The van der Waals surface area contributed by atoms with E-state index in [4.69, 9.17) is 9.47 Å². The summed E-state index contributed by atoms with van der Waals surface area (Å²) < 4.78 is 39.7. The summed E-state index contributed by atoms with van der Waals surface area (Å²) in [6.07, 6.45) is 1.84. The number of rotatable bonds is 13. The molecule has 0 aromatic rings. The molecule has 0 radical (unpaired) electrons. The van der Waals surface area contributed by atoms with E-state index in [1.807, 2.05) is 4.93 Å². The molecule has 0 atom stereocenters. The first-order chi connectivity index (χ1) is 11.1. The van der Waals surface area contributed by atoms with Gasteiger partial charge in [0.2, 0.25) is 0 Å². The maximum absolute atomic E-state index is 13.3. The van der Waals surface area contributed by atoms with Crippen LogP contribution in [-0.2, 0) is 9.47 Å². The fourth-order valence-corrected chi connectivity index (χ4v) is 3.37. The van der Waals surface area contributed by atoms with E-state index in [1.165, 1.54) is 0 Å². The summed E-state index contributed by atoms with van der Waals surface area (Å²) in [6.45, 7) is 6.83. The molecule has 0 unspecified atom stereocenters. The first-order valence-corrected chi connectivity index (χ1v) is 11.4. The maximum atomic E-state index is 13.3. The molecule has 1 heterocycles. The van der Waals surface area contributed by atoms with Crippen LogP contribution < -0.4 is 25.0 Å². The van der Waals surface area contributed by atoms with Gasteiger partial charge in [0.05, 0.1) is 6.61 Å². The zero-order valence-corrected chi connectivity index (χ0v) is 16.5. The third-order valence-electron chi connectivity index (χ3n) is 3.86. The van der Waals surface area contributed by atoms with Crippen molar-refractivity contribution in [3.8, 4) is 0 Å². The van der Waals surface area contributed by atoms with Crippen molar-refractivity contribution in [2.24, 2.45) is 0 Å². The Kier molecular flexibility index (Phi) is 11.8. The summed E-state index contributed by atoms with van der Waals surface area (Å²) >= 11 is -0.301. The number of hydrogen-bond donors (Lipinski definition) is 1. The molecule has 0 bridgehead atoms. The van der Waals surface area contributed by atoms with Gasteiger partial charge < -0.3 is 4.74 Å². The summed E-state index contributed by atoms with van der Waals surface area (Å²) in [5.41, 5.74) is 0. The first kappa shape index (κ1) is 21.4. The van der Waals surface area contributed by atoms with Gasteiger partial charge in [-0.05, 0) is 0 Å². The second-order valence-corrected chi connectivity index (χ2v) is 7.63. The Hall–Kier alpha value is 0.390. The topological polar surface area (TPSA) is 37.0 Å². The van der Waals surface area contributed by atoms with Crippen molar-refractivity contribution in [3.05, 3.63) is 0 Å². The summed E-state index contributed by atoms with van der Waals surface area (Å²) in [5.74, 6) is -2.74. The van der Waals surface area contributed by atoms with Crippen LogP contribution in [0.15, 0.2) is 0 Å². The van der Waals surface area contributed by atoms with Gasteiger partial charge in [-0.3, -0.25) is 4.90 Å². The van der Waals surface area contributed by atoms with E-state index in [0.717, 1.165) is 58.7 Å². The van der Waals surface area contributed by atoms with Crippen LogP contribution in [-0.4, -0.2) is 93.4 Å². The fourth-order valence-electron chi connectivity index (χ4n) is 2.43. The zero-order chi connectivity index (χ0) is 17.0. The molecule has 0 amide bonds. The Balaban J connectivity index is 1.95. The molecular formula is C15H31F2IN3O2-. The molecule has 0 spiro atoms. The average Bonchev–Trinajstić information content (AvgIpc) is 2.55. The van der Waals surface area contributed by atoms with Crippen molar-refractivity contribution in [3.63, 3.8) is 0 Å². The van der Waals surface area contributed by atoms with E-state index < -0.39 is 12.5 Å². The molecule has 1 N–H and O–H groups in total. The molecule has 1 aliphatic heterocycles. The Morgan fingerprint density at radius 3 is 2.30 bits per heavy atom. The number of ether oxygens (including phenoxy) is 2. The third kappa shape index (κ3) is 10.8. The Morgan fingerprint density at radius 2 is 1.70 bits per heavy atom. The zero-order valence-electron chi connectivity index (χ0n) is 14.3. The summed E-state index contributed by atoms with van der Waals surface area (Å²) in [5, 5.41) is 0. The van der Waals surface area contributed by atoms with Crippen molar-refractivity contribution in [2.45, 2.75) is 18.8 Å². The van der Waals surface area contributed by atoms with E-state index in [1.54, 1.807) is 7.11 Å². The Bertz CT molecular complexity index is 294. The molecule has 0 saturated carbocycles. The van der Waals surface area contributed by atoms with Crippen LogP contribution in [0.5, 0.6) is 0 Å². The normalized spacial score (nSPS) is 17.9. The van der Waals surface area contributed by atoms with Gasteiger partial charge in [-0.1, -0.05) is 0 Å². The van der Waals surface area contributed by atoms with Crippen LogP contribution >= 0.6 is 0 Å². The molecule has 1 saturated heterocycles. The molecule has 1 fully saturated rings. The molecule has 1 aliphatic rings. The van der Waals surface area contributed by atoms with Crippen molar-refractivity contribution in [1.29, 1.82) is 0 Å². The van der Waals surface area contributed by atoms with Gasteiger partial charge in [0.15, 0.2) is 0 Å². The van der Waals surface area contributed by atoms with Gasteiger partial charge in [0.1, 0.15) is 0 Å². The van der Waals surface area contributed by atoms with E-state index in [2.05, 4.69) is 13.3 Å². The second kappa shape index (κ2) is 12.7. The molecular weight excluding hydrogens is 419 g/mol. The van der Waals surface area contributed by atoms with Gasteiger partial charge in [-0.25, -0.2) is 0 Å². The number of hydrogen-bond acceptors (Lipinski definition) is 5. The summed E-state index contributed by atoms with van der Waals surface area (Å²) in [7, 11) is 1.73. The summed E-state index contributed by atoms with van der Waals surface area (Å²) in [4.78, 5) is 6.78. The Labute approximate surface area is 149 Å². The minimum absolute atomic E-state index is 0.260. The molecule has 23 heavy (non-hydrogen) atoms. The quantitative estimate of drug-likeness (QED) is 0.151. The number of alkyl halides is 3. The number of methoxy groups -OCH3 is 1. The Morgan fingerprint density at radius 1 is 1.04 bits per heavy atom. The standard InChI is InChI=1S/C15H31F2IN3O2/c1-18-19-13-15(16,17)14-23-11-4-3-5-20-6-8-21(9-7-20)10-12-22-2/h19H,3-14H2,1-2H3/q-1. The predicted octanol–water partition coefficient (Wildman–Crippen LogP) is -2.09. The number of unbranched alkanes of at least 4 members (excludes halogenated alkanes) is 1. The SMILES string of the molecule is COCCN1CCN(CCCCOCC(F)(F)CN[I-]C)CC1.